The highest BCUT2D eigenvalue weighted by molar-refractivity contribution is 6.29. The van der Waals surface area contributed by atoms with Gasteiger partial charge in [0.2, 0.25) is 5.91 Å². The molecule has 0 aliphatic carbocycles. The molecule has 3 heterocycles. The van der Waals surface area contributed by atoms with E-state index in [4.69, 9.17) is 11.6 Å². The number of carbonyl (C=O) groups is 2. The van der Waals surface area contributed by atoms with Crippen molar-refractivity contribution < 1.29 is 9.59 Å². The SMILES string of the molecule is O=C1N[C@H]2CCC[C@@H]1CN(C(=O)Nc1ccc(Cl)nc1)C2. The Hall–Kier alpha value is -1.82. The number of carbonyl (C=O) groups excluding carboxylic acids is 2. The van der Waals surface area contributed by atoms with E-state index in [0.717, 1.165) is 19.3 Å². The quantitative estimate of drug-likeness (QED) is 0.778. The van der Waals surface area contributed by atoms with Crippen molar-refractivity contribution in [3.05, 3.63) is 23.5 Å². The average molecular weight is 309 g/mol. The summed E-state index contributed by atoms with van der Waals surface area (Å²) in [5, 5.41) is 6.19. The van der Waals surface area contributed by atoms with Gasteiger partial charge in [-0.3, -0.25) is 4.79 Å². The average Bonchev–Trinajstić information content (AvgIpc) is 2.69. The van der Waals surface area contributed by atoms with Crippen LogP contribution >= 0.6 is 11.6 Å². The minimum Gasteiger partial charge on any atom is -0.351 e. The number of fused-ring (bicyclic) bond motifs is 3. The van der Waals surface area contributed by atoms with Crippen molar-refractivity contribution >= 4 is 29.2 Å². The number of amides is 3. The molecule has 2 aliphatic rings. The summed E-state index contributed by atoms with van der Waals surface area (Å²) in [5.74, 6) is -0.0347. The van der Waals surface area contributed by atoms with Gasteiger partial charge in [-0.05, 0) is 25.0 Å². The molecule has 2 aliphatic heterocycles. The molecule has 6 nitrogen and oxygen atoms in total. The lowest BCUT2D eigenvalue weighted by Gasteiger charge is -2.27. The van der Waals surface area contributed by atoms with E-state index in [1.807, 2.05) is 0 Å². The van der Waals surface area contributed by atoms with Gasteiger partial charge in [-0.1, -0.05) is 18.0 Å². The van der Waals surface area contributed by atoms with Crippen LogP contribution < -0.4 is 10.6 Å². The van der Waals surface area contributed by atoms with Crippen LogP contribution in [0.4, 0.5) is 10.5 Å². The predicted molar refractivity (Wildman–Crippen MR) is 79.1 cm³/mol. The fourth-order valence-corrected chi connectivity index (χ4v) is 2.98. The van der Waals surface area contributed by atoms with Gasteiger partial charge >= 0.3 is 6.03 Å². The van der Waals surface area contributed by atoms with Crippen molar-refractivity contribution in [3.63, 3.8) is 0 Å². The molecule has 0 saturated carbocycles. The number of anilines is 1. The summed E-state index contributed by atoms with van der Waals surface area (Å²) >= 11 is 5.72. The smallest absolute Gasteiger partial charge is 0.321 e. The predicted octanol–water partition coefficient (Wildman–Crippen LogP) is 1.87. The number of aromatic nitrogens is 1. The Morgan fingerprint density at radius 2 is 2.24 bits per heavy atom. The Kier molecular flexibility index (Phi) is 3.96. The van der Waals surface area contributed by atoms with Crippen LogP contribution in [0.5, 0.6) is 0 Å². The van der Waals surface area contributed by atoms with E-state index < -0.39 is 0 Å². The molecule has 2 saturated heterocycles. The molecule has 1 aromatic heterocycles. The maximum absolute atomic E-state index is 12.4. The van der Waals surface area contributed by atoms with Crippen molar-refractivity contribution in [2.45, 2.75) is 25.3 Å². The van der Waals surface area contributed by atoms with Gasteiger partial charge in [-0.2, -0.15) is 0 Å². The molecule has 0 aromatic carbocycles. The van der Waals surface area contributed by atoms with Gasteiger partial charge in [0.25, 0.3) is 0 Å². The van der Waals surface area contributed by atoms with Gasteiger partial charge < -0.3 is 15.5 Å². The van der Waals surface area contributed by atoms with Crippen LogP contribution in [0.2, 0.25) is 5.15 Å². The highest BCUT2D eigenvalue weighted by atomic mass is 35.5. The largest absolute Gasteiger partial charge is 0.351 e. The molecule has 2 N–H and O–H groups in total. The van der Waals surface area contributed by atoms with Crippen LogP contribution in [0.15, 0.2) is 18.3 Å². The maximum Gasteiger partial charge on any atom is 0.321 e. The lowest BCUT2D eigenvalue weighted by atomic mass is 9.99. The van der Waals surface area contributed by atoms with Crippen molar-refractivity contribution in [2.75, 3.05) is 18.4 Å². The number of hydrogen-bond acceptors (Lipinski definition) is 3. The van der Waals surface area contributed by atoms with E-state index in [2.05, 4.69) is 15.6 Å². The van der Waals surface area contributed by atoms with Crippen LogP contribution in [0, 0.1) is 5.92 Å². The van der Waals surface area contributed by atoms with E-state index in [9.17, 15) is 9.59 Å². The van der Waals surface area contributed by atoms with Crippen LogP contribution in [0.3, 0.4) is 0 Å². The van der Waals surface area contributed by atoms with Crippen LogP contribution in [-0.4, -0.2) is 41.0 Å². The molecule has 3 rings (SSSR count). The number of halogens is 1. The zero-order valence-corrected chi connectivity index (χ0v) is 12.3. The highest BCUT2D eigenvalue weighted by Gasteiger charge is 2.34. The molecule has 112 valence electrons. The van der Waals surface area contributed by atoms with Crippen molar-refractivity contribution in [3.8, 4) is 0 Å². The maximum atomic E-state index is 12.4. The summed E-state index contributed by atoms with van der Waals surface area (Å²) in [4.78, 5) is 30.0. The van der Waals surface area contributed by atoms with Crippen molar-refractivity contribution in [1.29, 1.82) is 0 Å². The molecular formula is C14H17ClN4O2. The van der Waals surface area contributed by atoms with Gasteiger partial charge in [-0.15, -0.1) is 0 Å². The van der Waals surface area contributed by atoms with Crippen LogP contribution in [-0.2, 0) is 4.79 Å². The monoisotopic (exact) mass is 308 g/mol. The topological polar surface area (TPSA) is 74.3 Å². The first-order chi connectivity index (χ1) is 10.1. The Morgan fingerprint density at radius 1 is 1.38 bits per heavy atom. The summed E-state index contributed by atoms with van der Waals surface area (Å²) < 4.78 is 0. The second-order valence-corrected chi connectivity index (χ2v) is 5.93. The highest BCUT2D eigenvalue weighted by Crippen LogP contribution is 2.22. The lowest BCUT2D eigenvalue weighted by molar-refractivity contribution is -0.124. The van der Waals surface area contributed by atoms with E-state index in [0.29, 0.717) is 23.9 Å². The molecule has 2 atom stereocenters. The third-order valence-corrected chi connectivity index (χ3v) is 4.19. The molecule has 1 aromatic rings. The van der Waals surface area contributed by atoms with E-state index in [1.54, 1.807) is 17.0 Å². The first-order valence-electron chi connectivity index (χ1n) is 7.09. The van der Waals surface area contributed by atoms with E-state index >= 15 is 0 Å². The Labute approximate surface area is 127 Å². The molecule has 0 spiro atoms. The standard InChI is InChI=1S/C14H17ClN4O2/c15-12-5-4-10(6-16-12)18-14(21)19-7-9-2-1-3-11(8-19)17-13(9)20/h4-6,9,11H,1-3,7-8H2,(H,17,20)(H,18,21)/t9-,11+/m1/s1. The summed E-state index contributed by atoms with van der Waals surface area (Å²) in [6.07, 6.45) is 4.32. The molecule has 0 unspecified atom stereocenters. The summed E-state index contributed by atoms with van der Waals surface area (Å²) in [6.45, 7) is 1.02. The van der Waals surface area contributed by atoms with Gasteiger partial charge in [0.1, 0.15) is 5.15 Å². The third-order valence-electron chi connectivity index (χ3n) is 3.97. The number of hydrogen-bond donors (Lipinski definition) is 2. The zero-order chi connectivity index (χ0) is 14.8. The van der Waals surface area contributed by atoms with Gasteiger partial charge in [0.15, 0.2) is 0 Å². The zero-order valence-electron chi connectivity index (χ0n) is 11.5. The summed E-state index contributed by atoms with van der Waals surface area (Å²) in [5.41, 5.74) is 0.595. The molecular weight excluding hydrogens is 292 g/mol. The second-order valence-electron chi connectivity index (χ2n) is 5.54. The number of pyridine rings is 1. The van der Waals surface area contributed by atoms with Gasteiger partial charge in [0.05, 0.1) is 17.8 Å². The van der Waals surface area contributed by atoms with Crippen molar-refractivity contribution in [1.82, 2.24) is 15.2 Å². The number of likely N-dealkylation sites (tertiary alicyclic amines) is 1. The Bertz CT molecular complexity index is 548. The third kappa shape index (κ3) is 3.26. The molecule has 3 amide bonds. The molecule has 2 bridgehead atoms. The fraction of sp³-hybridized carbons (Fsp3) is 0.500. The molecule has 21 heavy (non-hydrogen) atoms. The minimum atomic E-state index is -0.201. The first-order valence-corrected chi connectivity index (χ1v) is 7.47. The summed E-state index contributed by atoms with van der Waals surface area (Å²) in [6, 6.07) is 3.18. The van der Waals surface area contributed by atoms with E-state index in [-0.39, 0.29) is 23.9 Å². The molecule has 7 heteroatoms. The first kappa shape index (κ1) is 14.1. The molecule has 0 radical (unpaired) electrons. The second kappa shape index (κ2) is 5.89. The number of rotatable bonds is 1. The van der Waals surface area contributed by atoms with Crippen molar-refractivity contribution in [2.24, 2.45) is 5.92 Å². The number of nitrogens with one attached hydrogen (secondary N) is 2. The minimum absolute atomic E-state index is 0.0547. The van der Waals surface area contributed by atoms with Gasteiger partial charge in [0, 0.05) is 19.1 Å². The van der Waals surface area contributed by atoms with Gasteiger partial charge in [-0.25, -0.2) is 9.78 Å². The van der Waals surface area contributed by atoms with E-state index in [1.165, 1.54) is 6.20 Å². The number of nitrogens with zero attached hydrogens (tertiary/aromatic N) is 2. The molecule has 2 fully saturated rings. The lowest BCUT2D eigenvalue weighted by Crippen LogP contribution is -2.43. The normalized spacial score (nSPS) is 25.0. The van der Waals surface area contributed by atoms with Crippen LogP contribution in [0.25, 0.3) is 0 Å². The summed E-state index contributed by atoms with van der Waals surface area (Å²) in [7, 11) is 0. The Balaban J connectivity index is 1.69. The fourth-order valence-electron chi connectivity index (χ4n) is 2.87. The Morgan fingerprint density at radius 3 is 3.00 bits per heavy atom. The van der Waals surface area contributed by atoms with Crippen LogP contribution in [0.1, 0.15) is 19.3 Å². The number of urea groups is 1.